The van der Waals surface area contributed by atoms with E-state index in [1.54, 1.807) is 0 Å². The van der Waals surface area contributed by atoms with E-state index in [0.717, 1.165) is 6.42 Å². The van der Waals surface area contributed by atoms with Gasteiger partial charge in [-0.3, -0.25) is 0 Å². The molecule has 6 heavy (non-hydrogen) atoms. The first-order valence-electron chi connectivity index (χ1n) is 2.09. The lowest BCUT2D eigenvalue weighted by Crippen LogP contribution is -1.58. The molecule has 0 nitrogen and oxygen atoms in total. The molecule has 0 aliphatic rings. The molecule has 0 heterocycles. The van der Waals surface area contributed by atoms with Gasteiger partial charge in [-0.15, -0.1) is 5.92 Å². The van der Waals surface area contributed by atoms with Gasteiger partial charge in [0.2, 0.25) is 0 Å². The van der Waals surface area contributed by atoms with Crippen molar-refractivity contribution in [3.05, 3.63) is 6.42 Å². The molecular weight excluding hydrogens is 72.1 g/mol. The minimum absolute atomic E-state index is 0.927. The minimum Gasteiger partial charge on any atom is -0.102 e. The van der Waals surface area contributed by atoms with E-state index < -0.39 is 0 Å². The zero-order valence-electron chi connectivity index (χ0n) is 4.28. The summed E-state index contributed by atoms with van der Waals surface area (Å²) in [5.41, 5.74) is 0. The summed E-state index contributed by atoms with van der Waals surface area (Å²) in [5, 5.41) is 0. The lowest BCUT2D eigenvalue weighted by atomic mass is 10.3. The summed E-state index contributed by atoms with van der Waals surface area (Å²) in [7, 11) is 0. The molecule has 32 valence electrons. The van der Waals surface area contributed by atoms with Gasteiger partial charge in [-0.2, -0.15) is 0 Å². The summed E-state index contributed by atoms with van der Waals surface area (Å²) in [5.74, 6) is 5.68. The Morgan fingerprint density at radius 2 is 2.33 bits per heavy atom. The Hall–Kier alpha value is -0.570. The molecule has 0 aromatic carbocycles. The monoisotopic (exact) mass is 81.1 g/mol. The highest BCUT2D eigenvalue weighted by Crippen LogP contribution is 1.77. The van der Waals surface area contributed by atoms with E-state index in [0.29, 0.717) is 0 Å². The molecule has 0 amide bonds. The Bertz CT molecular complexity index is 61.8. The molecule has 0 radical (unpaired) electrons. The zero-order chi connectivity index (χ0) is 4.83. The first-order chi connectivity index (χ1) is 2.91. The molecular formula is C6H9+. The van der Waals surface area contributed by atoms with Crippen LogP contribution in [0.5, 0.6) is 0 Å². The highest BCUT2D eigenvalue weighted by Gasteiger charge is 1.75. The van der Waals surface area contributed by atoms with E-state index in [2.05, 4.69) is 11.8 Å². The second-order valence-corrected chi connectivity index (χ2v) is 1.04. The first-order valence-corrected chi connectivity index (χ1v) is 2.09. The Morgan fingerprint density at radius 3 is 2.50 bits per heavy atom. The van der Waals surface area contributed by atoms with Gasteiger partial charge in [0.15, 0.2) is 0 Å². The Balaban J connectivity index is 2.79. The van der Waals surface area contributed by atoms with Crippen LogP contribution in [0.1, 0.15) is 20.3 Å². The molecule has 0 N–H and O–H groups in total. The number of rotatable bonds is 1. The van der Waals surface area contributed by atoms with Crippen molar-refractivity contribution in [2.75, 3.05) is 0 Å². The van der Waals surface area contributed by atoms with Crippen LogP contribution < -0.4 is 0 Å². The second-order valence-electron chi connectivity index (χ2n) is 1.04. The van der Waals surface area contributed by atoms with Crippen molar-refractivity contribution in [1.82, 2.24) is 0 Å². The van der Waals surface area contributed by atoms with Crippen LogP contribution >= 0.6 is 0 Å². The van der Waals surface area contributed by atoms with Crippen LogP contribution in [-0.2, 0) is 0 Å². The predicted octanol–water partition coefficient (Wildman–Crippen LogP) is 1.62. The summed E-state index contributed by atoms with van der Waals surface area (Å²) < 4.78 is 0. The zero-order valence-corrected chi connectivity index (χ0v) is 4.28. The quantitative estimate of drug-likeness (QED) is 0.332. The van der Waals surface area contributed by atoms with Gasteiger partial charge in [-0.05, 0) is 6.92 Å². The highest BCUT2D eigenvalue weighted by molar-refractivity contribution is 4.97. The smallest absolute Gasteiger partial charge is 0.102 e. The van der Waals surface area contributed by atoms with Gasteiger partial charge in [0, 0.05) is 0 Å². The SMILES string of the molecule is CC#CC[CH+]C. The molecule has 0 unspecified atom stereocenters. The summed E-state index contributed by atoms with van der Waals surface area (Å²) in [6.45, 7) is 3.85. The lowest BCUT2D eigenvalue weighted by molar-refractivity contribution is 1.25. The lowest BCUT2D eigenvalue weighted by Gasteiger charge is -1.61. The van der Waals surface area contributed by atoms with Crippen molar-refractivity contribution in [3.63, 3.8) is 0 Å². The minimum atomic E-state index is 0.927. The average Bonchev–Trinajstić information content (AvgIpc) is 1.61. The van der Waals surface area contributed by atoms with Gasteiger partial charge in [-0.1, -0.05) is 5.92 Å². The van der Waals surface area contributed by atoms with Gasteiger partial charge in [-0.25, -0.2) is 0 Å². The van der Waals surface area contributed by atoms with Crippen molar-refractivity contribution in [2.24, 2.45) is 0 Å². The van der Waals surface area contributed by atoms with Crippen molar-refractivity contribution < 1.29 is 0 Å². The fourth-order valence-electron chi connectivity index (χ4n) is 0.204. The van der Waals surface area contributed by atoms with Crippen LogP contribution in [0.25, 0.3) is 0 Å². The Labute approximate surface area is 39.6 Å². The second kappa shape index (κ2) is 4.43. The van der Waals surface area contributed by atoms with E-state index in [1.165, 1.54) is 0 Å². The summed E-state index contributed by atoms with van der Waals surface area (Å²) in [6.07, 6.45) is 2.97. The van der Waals surface area contributed by atoms with Gasteiger partial charge in [0.25, 0.3) is 0 Å². The predicted molar refractivity (Wildman–Crippen MR) is 28.0 cm³/mol. The van der Waals surface area contributed by atoms with Crippen molar-refractivity contribution >= 4 is 0 Å². The van der Waals surface area contributed by atoms with Gasteiger partial charge in [0.05, 0.1) is 13.3 Å². The van der Waals surface area contributed by atoms with E-state index in [-0.39, 0.29) is 0 Å². The maximum atomic E-state index is 2.89. The maximum absolute atomic E-state index is 2.89. The molecule has 0 spiro atoms. The van der Waals surface area contributed by atoms with E-state index in [4.69, 9.17) is 0 Å². The normalized spacial score (nSPS) is 5.67. The van der Waals surface area contributed by atoms with Gasteiger partial charge >= 0.3 is 0 Å². The fraction of sp³-hybridized carbons (Fsp3) is 0.500. The summed E-state index contributed by atoms with van der Waals surface area (Å²) in [6, 6.07) is 0. The average molecular weight is 81.1 g/mol. The highest BCUT2D eigenvalue weighted by atomic mass is 13.7. The fourth-order valence-corrected chi connectivity index (χ4v) is 0.204. The molecule has 0 saturated heterocycles. The molecule has 0 aliphatic carbocycles. The van der Waals surface area contributed by atoms with E-state index >= 15 is 0 Å². The third-order valence-corrected chi connectivity index (χ3v) is 0.483. The van der Waals surface area contributed by atoms with Crippen LogP contribution in [0.4, 0.5) is 0 Å². The van der Waals surface area contributed by atoms with Gasteiger partial charge in [0.1, 0.15) is 6.42 Å². The molecule has 0 aliphatic heterocycles. The molecule has 0 heteroatoms. The Morgan fingerprint density at radius 1 is 1.67 bits per heavy atom. The van der Waals surface area contributed by atoms with Crippen LogP contribution in [-0.4, -0.2) is 0 Å². The van der Waals surface area contributed by atoms with Crippen LogP contribution in [0.3, 0.4) is 0 Å². The third kappa shape index (κ3) is 3.43. The number of unbranched alkanes of at least 4 members (excludes halogenated alkanes) is 1. The standard InChI is InChI=1S/C6H9/c1-3-5-6-4-2/h3H,5H2,1-2H3/q+1. The van der Waals surface area contributed by atoms with Crippen LogP contribution in [0, 0.1) is 18.3 Å². The van der Waals surface area contributed by atoms with Crippen LogP contribution in [0.15, 0.2) is 0 Å². The van der Waals surface area contributed by atoms with Crippen molar-refractivity contribution in [1.29, 1.82) is 0 Å². The first kappa shape index (κ1) is 5.43. The Kier molecular flexibility index (Phi) is 4.01. The summed E-state index contributed by atoms with van der Waals surface area (Å²) in [4.78, 5) is 0. The van der Waals surface area contributed by atoms with E-state index in [9.17, 15) is 0 Å². The number of hydrogen-bond acceptors (Lipinski definition) is 0. The molecule has 0 bridgehead atoms. The summed E-state index contributed by atoms with van der Waals surface area (Å²) >= 11 is 0. The van der Waals surface area contributed by atoms with E-state index in [1.807, 2.05) is 20.3 Å². The topological polar surface area (TPSA) is 0 Å². The largest absolute Gasteiger partial charge is 0.147 e. The van der Waals surface area contributed by atoms with Crippen LogP contribution in [0.2, 0.25) is 0 Å². The molecule has 0 aromatic rings. The van der Waals surface area contributed by atoms with Gasteiger partial charge < -0.3 is 0 Å². The molecule has 0 aromatic heterocycles. The molecule has 0 saturated carbocycles. The molecule has 0 fully saturated rings. The third-order valence-electron chi connectivity index (χ3n) is 0.483. The molecule has 0 atom stereocenters. The van der Waals surface area contributed by atoms with Crippen molar-refractivity contribution in [2.45, 2.75) is 20.3 Å². The maximum Gasteiger partial charge on any atom is 0.147 e. The van der Waals surface area contributed by atoms with Crippen molar-refractivity contribution in [3.8, 4) is 11.8 Å². The molecule has 0 rings (SSSR count). The number of hydrogen-bond donors (Lipinski definition) is 0.